The molecule has 0 N–H and O–H groups in total. The maximum Gasteiger partial charge on any atom is 0.332 e. The number of carbonyl (C=O) groups excluding carboxylic acids is 1. The topological polar surface area (TPSA) is 78.9 Å². The Labute approximate surface area is 147 Å². The Kier molecular flexibility index (Phi) is 4.38. The number of hydrogen-bond donors (Lipinski definition) is 0. The third-order valence-electron chi connectivity index (χ3n) is 4.13. The Balaban J connectivity index is 1.94. The third-order valence-corrected chi connectivity index (χ3v) is 5.16. The van der Waals surface area contributed by atoms with Crippen molar-refractivity contribution in [3.05, 3.63) is 56.2 Å². The van der Waals surface area contributed by atoms with Gasteiger partial charge in [-0.15, -0.1) is 0 Å². The van der Waals surface area contributed by atoms with Gasteiger partial charge in [0.15, 0.2) is 22.1 Å². The van der Waals surface area contributed by atoms with Crippen molar-refractivity contribution < 1.29 is 4.79 Å². The molecule has 0 saturated carbocycles. The number of carbonyl (C=O) groups is 1. The number of nitrogens with zero attached hydrogens (tertiary/aromatic N) is 4. The van der Waals surface area contributed by atoms with Gasteiger partial charge in [0.2, 0.25) is 0 Å². The molecule has 0 fully saturated rings. The van der Waals surface area contributed by atoms with E-state index < -0.39 is 11.2 Å². The molecule has 2 heterocycles. The number of thioether (sulfide) groups is 1. The normalized spacial score (nSPS) is 11.2. The van der Waals surface area contributed by atoms with Gasteiger partial charge >= 0.3 is 5.69 Å². The SMILES string of the molecule is Cc1ccc(C(=O)CSc2nc3c(=O)n(C)c(=O)n(C)c3n2C)cc1. The van der Waals surface area contributed by atoms with Gasteiger partial charge in [0.25, 0.3) is 5.56 Å². The van der Waals surface area contributed by atoms with Crippen LogP contribution < -0.4 is 11.2 Å². The first kappa shape index (κ1) is 17.2. The zero-order chi connectivity index (χ0) is 18.3. The summed E-state index contributed by atoms with van der Waals surface area (Å²) in [6, 6.07) is 7.39. The molecule has 0 aliphatic rings. The van der Waals surface area contributed by atoms with Gasteiger partial charge in [-0.3, -0.25) is 18.7 Å². The molecular formula is C17H18N4O3S. The Hall–Kier alpha value is -2.61. The zero-order valence-electron chi connectivity index (χ0n) is 14.4. The summed E-state index contributed by atoms with van der Waals surface area (Å²) in [4.78, 5) is 41.0. The van der Waals surface area contributed by atoms with Crippen LogP contribution >= 0.6 is 11.8 Å². The number of hydrogen-bond acceptors (Lipinski definition) is 5. The number of imidazole rings is 1. The van der Waals surface area contributed by atoms with Gasteiger partial charge in [-0.1, -0.05) is 41.6 Å². The lowest BCUT2D eigenvalue weighted by Crippen LogP contribution is -2.37. The molecule has 7 nitrogen and oxygen atoms in total. The second kappa shape index (κ2) is 6.36. The van der Waals surface area contributed by atoms with Crippen molar-refractivity contribution in [3.8, 4) is 0 Å². The van der Waals surface area contributed by atoms with E-state index in [-0.39, 0.29) is 17.1 Å². The molecule has 0 aliphatic heterocycles. The predicted octanol–water partition coefficient (Wildman–Crippen LogP) is 1.25. The van der Waals surface area contributed by atoms with E-state index in [0.717, 1.165) is 10.1 Å². The number of benzene rings is 1. The molecule has 0 amide bonds. The first-order valence-electron chi connectivity index (χ1n) is 7.66. The van der Waals surface area contributed by atoms with Crippen molar-refractivity contribution in [1.82, 2.24) is 18.7 Å². The standard InChI is InChI=1S/C17H18N4O3S/c1-10-5-7-11(8-6-10)12(22)9-25-16-18-13-14(19(16)2)20(3)17(24)21(4)15(13)23/h5-8H,9H2,1-4H3. The first-order valence-corrected chi connectivity index (χ1v) is 8.65. The molecular weight excluding hydrogens is 340 g/mol. The average Bonchev–Trinajstić information content (AvgIpc) is 2.93. The van der Waals surface area contributed by atoms with E-state index in [0.29, 0.717) is 16.4 Å². The van der Waals surface area contributed by atoms with Crippen molar-refractivity contribution in [2.75, 3.05) is 5.75 Å². The van der Waals surface area contributed by atoms with Crippen LogP contribution in [0.4, 0.5) is 0 Å². The molecule has 0 radical (unpaired) electrons. The van der Waals surface area contributed by atoms with Gasteiger partial charge in [-0.25, -0.2) is 9.78 Å². The molecule has 0 bridgehead atoms. The molecule has 0 aliphatic carbocycles. The van der Waals surface area contributed by atoms with Crippen molar-refractivity contribution in [1.29, 1.82) is 0 Å². The number of rotatable bonds is 4. The van der Waals surface area contributed by atoms with Crippen molar-refractivity contribution >= 4 is 28.7 Å². The van der Waals surface area contributed by atoms with Gasteiger partial charge < -0.3 is 4.57 Å². The van der Waals surface area contributed by atoms with Crippen LogP contribution in [0.15, 0.2) is 39.0 Å². The summed E-state index contributed by atoms with van der Waals surface area (Å²) in [6.45, 7) is 1.97. The fourth-order valence-corrected chi connectivity index (χ4v) is 3.50. The van der Waals surface area contributed by atoms with E-state index in [4.69, 9.17) is 0 Å². The Morgan fingerprint density at radius 3 is 2.32 bits per heavy atom. The molecule has 0 saturated heterocycles. The lowest BCUT2D eigenvalue weighted by atomic mass is 10.1. The van der Waals surface area contributed by atoms with Gasteiger partial charge in [0.1, 0.15) is 0 Å². The number of aromatic nitrogens is 4. The van der Waals surface area contributed by atoms with E-state index >= 15 is 0 Å². The van der Waals surface area contributed by atoms with Crippen LogP contribution in [0.3, 0.4) is 0 Å². The van der Waals surface area contributed by atoms with Crippen LogP contribution in [-0.4, -0.2) is 30.2 Å². The molecule has 3 aromatic rings. The van der Waals surface area contributed by atoms with E-state index in [2.05, 4.69) is 4.98 Å². The van der Waals surface area contributed by atoms with Gasteiger partial charge in [-0.2, -0.15) is 0 Å². The maximum absolute atomic E-state index is 12.3. The van der Waals surface area contributed by atoms with E-state index in [1.54, 1.807) is 30.8 Å². The van der Waals surface area contributed by atoms with Crippen LogP contribution in [0.25, 0.3) is 11.2 Å². The zero-order valence-corrected chi connectivity index (χ0v) is 15.3. The second-order valence-corrected chi connectivity index (χ2v) is 6.85. The first-order chi connectivity index (χ1) is 11.8. The molecule has 130 valence electrons. The molecule has 2 aromatic heterocycles. The molecule has 3 rings (SSSR count). The monoisotopic (exact) mass is 358 g/mol. The summed E-state index contributed by atoms with van der Waals surface area (Å²) in [6.07, 6.45) is 0. The molecule has 0 unspecified atom stereocenters. The average molecular weight is 358 g/mol. The molecule has 0 spiro atoms. The highest BCUT2D eigenvalue weighted by atomic mass is 32.2. The molecule has 8 heteroatoms. The number of ketones is 1. The number of fused-ring (bicyclic) bond motifs is 1. The number of Topliss-reactive ketones (excluding diaryl/α,β-unsaturated/α-hetero) is 1. The summed E-state index contributed by atoms with van der Waals surface area (Å²) in [5.41, 5.74) is 1.55. The molecule has 0 atom stereocenters. The minimum atomic E-state index is -0.439. The largest absolute Gasteiger partial charge is 0.332 e. The molecule has 1 aromatic carbocycles. The van der Waals surface area contributed by atoms with E-state index in [1.807, 2.05) is 19.1 Å². The Bertz CT molecular complexity index is 1090. The summed E-state index contributed by atoms with van der Waals surface area (Å²) >= 11 is 1.25. The highest BCUT2D eigenvalue weighted by Gasteiger charge is 2.18. The van der Waals surface area contributed by atoms with E-state index in [1.165, 1.54) is 23.4 Å². The Morgan fingerprint density at radius 2 is 1.68 bits per heavy atom. The van der Waals surface area contributed by atoms with Gasteiger partial charge in [0, 0.05) is 26.7 Å². The van der Waals surface area contributed by atoms with Crippen molar-refractivity contribution in [3.63, 3.8) is 0 Å². The Morgan fingerprint density at radius 1 is 1.04 bits per heavy atom. The van der Waals surface area contributed by atoms with Crippen LogP contribution in [0.2, 0.25) is 0 Å². The van der Waals surface area contributed by atoms with Crippen molar-refractivity contribution in [2.45, 2.75) is 12.1 Å². The minimum Gasteiger partial charge on any atom is -0.308 e. The number of aryl methyl sites for hydroxylation is 3. The summed E-state index contributed by atoms with van der Waals surface area (Å²) < 4.78 is 4.09. The van der Waals surface area contributed by atoms with Crippen LogP contribution in [-0.2, 0) is 21.1 Å². The fourth-order valence-electron chi connectivity index (χ4n) is 2.64. The summed E-state index contributed by atoms with van der Waals surface area (Å²) in [5.74, 6) is 0.188. The second-order valence-electron chi connectivity index (χ2n) is 5.91. The molecule has 25 heavy (non-hydrogen) atoms. The third kappa shape index (κ3) is 2.93. The lowest BCUT2D eigenvalue weighted by molar-refractivity contribution is 0.102. The minimum absolute atomic E-state index is 0.0150. The predicted molar refractivity (Wildman–Crippen MR) is 97.4 cm³/mol. The van der Waals surface area contributed by atoms with Crippen LogP contribution in [0, 0.1) is 6.92 Å². The fraction of sp³-hybridized carbons (Fsp3) is 0.294. The summed E-state index contributed by atoms with van der Waals surface area (Å²) in [7, 11) is 4.75. The van der Waals surface area contributed by atoms with E-state index in [9.17, 15) is 14.4 Å². The summed E-state index contributed by atoms with van der Waals surface area (Å²) in [5, 5.41) is 0.522. The smallest absolute Gasteiger partial charge is 0.308 e. The van der Waals surface area contributed by atoms with Crippen LogP contribution in [0.5, 0.6) is 0 Å². The lowest BCUT2D eigenvalue weighted by Gasteiger charge is -2.06. The highest BCUT2D eigenvalue weighted by Crippen LogP contribution is 2.21. The van der Waals surface area contributed by atoms with Crippen molar-refractivity contribution in [2.24, 2.45) is 21.1 Å². The van der Waals surface area contributed by atoms with Gasteiger partial charge in [0.05, 0.1) is 5.75 Å². The maximum atomic E-state index is 12.3. The van der Waals surface area contributed by atoms with Gasteiger partial charge in [-0.05, 0) is 6.92 Å². The highest BCUT2D eigenvalue weighted by molar-refractivity contribution is 7.99. The quantitative estimate of drug-likeness (QED) is 0.518. The van der Waals surface area contributed by atoms with Crippen LogP contribution in [0.1, 0.15) is 15.9 Å².